The van der Waals surface area contributed by atoms with Crippen LogP contribution in [0.1, 0.15) is 26.8 Å². The average molecular weight is 283 g/mol. The minimum atomic E-state index is -0.518. The van der Waals surface area contributed by atoms with Crippen molar-refractivity contribution in [1.82, 2.24) is 9.78 Å². The van der Waals surface area contributed by atoms with Gasteiger partial charge in [-0.3, -0.25) is 9.48 Å². The Morgan fingerprint density at radius 2 is 2.05 bits per heavy atom. The van der Waals surface area contributed by atoms with Crippen molar-refractivity contribution < 1.29 is 4.79 Å². The molecule has 0 saturated heterocycles. The number of nitrogens with two attached hydrogens (primary N) is 1. The third kappa shape index (κ3) is 3.24. The Bertz CT molecular complexity index is 577. The molecule has 0 saturated carbocycles. The summed E-state index contributed by atoms with van der Waals surface area (Å²) in [7, 11) is 0. The van der Waals surface area contributed by atoms with E-state index >= 15 is 0 Å². The number of nitrogens with one attached hydrogen (secondary N) is 1. The van der Waals surface area contributed by atoms with E-state index in [0.29, 0.717) is 0 Å². The maximum Gasteiger partial charge on any atom is 0.240 e. The molecule has 19 heavy (non-hydrogen) atoms. The first-order chi connectivity index (χ1) is 8.49. The predicted octanol–water partition coefficient (Wildman–Crippen LogP) is 2.32. The van der Waals surface area contributed by atoms with Crippen molar-refractivity contribution in [1.29, 1.82) is 0 Å². The van der Waals surface area contributed by atoms with Gasteiger partial charge in [0, 0.05) is 17.1 Å². The average Bonchev–Trinajstić information content (AvgIpc) is 2.71. The molecular formula is C13H19ClN4O. The highest BCUT2D eigenvalue weighted by atomic mass is 35.5. The topological polar surface area (TPSA) is 72.9 Å². The van der Waals surface area contributed by atoms with Gasteiger partial charge in [-0.1, -0.05) is 0 Å². The van der Waals surface area contributed by atoms with Crippen LogP contribution in [0, 0.1) is 0 Å². The van der Waals surface area contributed by atoms with E-state index < -0.39 is 6.04 Å². The molecule has 0 aliphatic carbocycles. The van der Waals surface area contributed by atoms with Crippen molar-refractivity contribution in [2.75, 3.05) is 5.32 Å². The highest BCUT2D eigenvalue weighted by Gasteiger charge is 2.10. The first-order valence-corrected chi connectivity index (χ1v) is 6.02. The van der Waals surface area contributed by atoms with Crippen LogP contribution in [0.15, 0.2) is 24.4 Å². The summed E-state index contributed by atoms with van der Waals surface area (Å²) in [6.07, 6.45) is 1.83. The molecule has 5 nitrogen and oxygen atoms in total. The van der Waals surface area contributed by atoms with Crippen molar-refractivity contribution in [3.8, 4) is 0 Å². The lowest BCUT2D eigenvalue weighted by Crippen LogP contribution is -2.32. The number of hydrogen-bond donors (Lipinski definition) is 2. The SMILES string of the molecule is CC(C)n1ncc2ccc(NC(=O)[C@@H](C)N)cc21.Cl. The summed E-state index contributed by atoms with van der Waals surface area (Å²) in [6, 6.07) is 5.48. The summed E-state index contributed by atoms with van der Waals surface area (Å²) in [5.74, 6) is -0.190. The Morgan fingerprint density at radius 3 is 2.63 bits per heavy atom. The van der Waals surface area contributed by atoms with Crippen molar-refractivity contribution in [2.45, 2.75) is 32.9 Å². The van der Waals surface area contributed by atoms with E-state index in [0.717, 1.165) is 16.6 Å². The number of benzene rings is 1. The third-order valence-corrected chi connectivity index (χ3v) is 2.77. The third-order valence-electron chi connectivity index (χ3n) is 2.77. The number of carbonyl (C=O) groups excluding carboxylic acids is 1. The van der Waals surface area contributed by atoms with Crippen molar-refractivity contribution >= 4 is 34.9 Å². The normalized spacial score (nSPS) is 12.3. The van der Waals surface area contributed by atoms with Gasteiger partial charge in [0.1, 0.15) is 0 Å². The van der Waals surface area contributed by atoms with Gasteiger partial charge in [0.05, 0.1) is 17.8 Å². The van der Waals surface area contributed by atoms with Crippen LogP contribution in [-0.4, -0.2) is 21.7 Å². The highest BCUT2D eigenvalue weighted by molar-refractivity contribution is 5.96. The van der Waals surface area contributed by atoms with Gasteiger partial charge in [-0.15, -0.1) is 12.4 Å². The molecule has 0 aliphatic rings. The first-order valence-electron chi connectivity index (χ1n) is 6.02. The molecule has 3 N–H and O–H groups in total. The fraction of sp³-hybridized carbons (Fsp3) is 0.385. The second-order valence-electron chi connectivity index (χ2n) is 4.73. The fourth-order valence-corrected chi connectivity index (χ4v) is 1.78. The van der Waals surface area contributed by atoms with Gasteiger partial charge in [0.25, 0.3) is 0 Å². The number of amides is 1. The Labute approximate surface area is 118 Å². The number of rotatable bonds is 3. The van der Waals surface area contributed by atoms with Crippen LogP contribution in [0.4, 0.5) is 5.69 Å². The smallest absolute Gasteiger partial charge is 0.240 e. The molecule has 0 radical (unpaired) electrons. The summed E-state index contributed by atoms with van der Waals surface area (Å²) in [4.78, 5) is 11.5. The van der Waals surface area contributed by atoms with Crippen LogP contribution < -0.4 is 11.1 Å². The van der Waals surface area contributed by atoms with Crippen molar-refractivity contribution in [2.24, 2.45) is 5.73 Å². The molecule has 2 rings (SSSR count). The highest BCUT2D eigenvalue weighted by Crippen LogP contribution is 2.21. The minimum absolute atomic E-state index is 0. The molecule has 2 aromatic rings. The van der Waals surface area contributed by atoms with Crippen molar-refractivity contribution in [3.05, 3.63) is 24.4 Å². The second kappa shape index (κ2) is 6.04. The molecule has 1 amide bonds. The molecule has 0 bridgehead atoms. The Kier molecular flexibility index (Phi) is 4.91. The largest absolute Gasteiger partial charge is 0.325 e. The van der Waals surface area contributed by atoms with Crippen LogP contribution in [0.25, 0.3) is 10.9 Å². The molecule has 0 unspecified atom stereocenters. The number of fused-ring (bicyclic) bond motifs is 1. The maximum absolute atomic E-state index is 11.5. The van der Waals surface area contributed by atoms with Crippen LogP contribution in [0.5, 0.6) is 0 Å². The summed E-state index contributed by atoms with van der Waals surface area (Å²) in [5, 5.41) is 8.17. The Hall–Kier alpha value is -1.59. The number of halogens is 1. The van der Waals surface area contributed by atoms with Gasteiger partial charge < -0.3 is 11.1 Å². The molecule has 0 aliphatic heterocycles. The number of hydrogen-bond acceptors (Lipinski definition) is 3. The zero-order valence-electron chi connectivity index (χ0n) is 11.3. The summed E-state index contributed by atoms with van der Waals surface area (Å²) in [6.45, 7) is 5.80. The quantitative estimate of drug-likeness (QED) is 0.907. The van der Waals surface area contributed by atoms with Gasteiger partial charge in [0.15, 0.2) is 0 Å². The van der Waals surface area contributed by atoms with Gasteiger partial charge in [0.2, 0.25) is 5.91 Å². The zero-order chi connectivity index (χ0) is 13.3. The van der Waals surface area contributed by atoms with E-state index in [-0.39, 0.29) is 24.4 Å². The van der Waals surface area contributed by atoms with Crippen molar-refractivity contribution in [3.63, 3.8) is 0 Å². The summed E-state index contributed by atoms with van der Waals surface area (Å²) < 4.78 is 1.93. The van der Waals surface area contributed by atoms with E-state index in [2.05, 4.69) is 24.3 Å². The Morgan fingerprint density at radius 1 is 1.37 bits per heavy atom. The van der Waals surface area contributed by atoms with Gasteiger partial charge in [-0.25, -0.2) is 0 Å². The molecule has 1 heterocycles. The summed E-state index contributed by atoms with van der Waals surface area (Å²) >= 11 is 0. The second-order valence-corrected chi connectivity index (χ2v) is 4.73. The zero-order valence-corrected chi connectivity index (χ0v) is 12.1. The van der Waals surface area contributed by atoms with Gasteiger partial charge >= 0.3 is 0 Å². The Balaban J connectivity index is 0.00000180. The van der Waals surface area contributed by atoms with Crippen LogP contribution in [0.2, 0.25) is 0 Å². The maximum atomic E-state index is 11.5. The number of anilines is 1. The van der Waals surface area contributed by atoms with E-state index in [9.17, 15) is 4.79 Å². The van der Waals surface area contributed by atoms with Crippen LogP contribution in [-0.2, 0) is 4.79 Å². The lowest BCUT2D eigenvalue weighted by molar-refractivity contribution is -0.117. The standard InChI is InChI=1S/C13H18N4O.ClH/c1-8(2)17-12-6-11(16-13(18)9(3)14)5-4-10(12)7-15-17;/h4-9H,14H2,1-3H3,(H,16,18);1H/t9-;/m1./s1. The van der Waals surface area contributed by atoms with Gasteiger partial charge in [-0.05, 0) is 39.0 Å². The number of aromatic nitrogens is 2. The number of carbonyl (C=O) groups is 1. The first kappa shape index (κ1) is 15.5. The molecule has 1 atom stereocenters. The number of nitrogens with zero attached hydrogens (tertiary/aromatic N) is 2. The molecule has 1 aromatic carbocycles. The lowest BCUT2D eigenvalue weighted by Gasteiger charge is -2.10. The molecule has 1 aromatic heterocycles. The molecular weight excluding hydrogens is 264 g/mol. The molecule has 6 heteroatoms. The van der Waals surface area contributed by atoms with E-state index in [1.54, 1.807) is 6.92 Å². The fourth-order valence-electron chi connectivity index (χ4n) is 1.78. The van der Waals surface area contributed by atoms with Crippen LogP contribution >= 0.6 is 12.4 Å². The molecule has 0 spiro atoms. The van der Waals surface area contributed by atoms with E-state index in [1.807, 2.05) is 29.1 Å². The van der Waals surface area contributed by atoms with E-state index in [1.165, 1.54) is 0 Å². The minimum Gasteiger partial charge on any atom is -0.325 e. The molecule has 0 fully saturated rings. The van der Waals surface area contributed by atoms with Crippen LogP contribution in [0.3, 0.4) is 0 Å². The summed E-state index contributed by atoms with van der Waals surface area (Å²) in [5.41, 5.74) is 7.27. The molecule has 104 valence electrons. The monoisotopic (exact) mass is 282 g/mol. The predicted molar refractivity (Wildman–Crippen MR) is 79.6 cm³/mol. The van der Waals surface area contributed by atoms with E-state index in [4.69, 9.17) is 5.73 Å². The lowest BCUT2D eigenvalue weighted by atomic mass is 10.2. The van der Waals surface area contributed by atoms with Gasteiger partial charge in [-0.2, -0.15) is 5.10 Å².